The Kier molecular flexibility index (Phi) is 7.41. The minimum absolute atomic E-state index is 0.150. The third kappa shape index (κ3) is 7.49. The molecule has 0 saturated carbocycles. The molecule has 0 bridgehead atoms. The van der Waals surface area contributed by atoms with Crippen molar-refractivity contribution < 1.29 is 5.11 Å². The molecule has 3 N–H and O–H groups in total. The first kappa shape index (κ1) is 10.6. The van der Waals surface area contributed by atoms with Crippen LogP contribution in [0.25, 0.3) is 0 Å². The maximum Gasteiger partial charge on any atom is 0.0538 e. The fourth-order valence-electron chi connectivity index (χ4n) is 0.788. The fraction of sp³-hybridized carbons (Fsp3) is 0.875. The zero-order valence-electron chi connectivity index (χ0n) is 7.16. The topological polar surface area (TPSA) is 58.6 Å². The average Bonchev–Trinajstić information content (AvgIpc) is 2.04. The van der Waals surface area contributed by atoms with Gasteiger partial charge < -0.3 is 10.8 Å². The molecule has 0 amide bonds. The number of aliphatic hydroxyl groups excluding tert-OH is 1. The Labute approximate surface area is 68.3 Å². The molecule has 3 nitrogen and oxygen atoms in total. The Morgan fingerprint density at radius 1 is 1.64 bits per heavy atom. The van der Waals surface area contributed by atoms with Gasteiger partial charge >= 0.3 is 0 Å². The molecule has 0 aromatic heterocycles. The van der Waals surface area contributed by atoms with Crippen LogP contribution in [0.4, 0.5) is 0 Å². The van der Waals surface area contributed by atoms with Crippen molar-refractivity contribution in [2.75, 3.05) is 13.1 Å². The van der Waals surface area contributed by atoms with Crippen LogP contribution < -0.4 is 5.73 Å². The molecule has 66 valence electrons. The molecule has 0 heterocycles. The molecule has 0 aromatic rings. The molecule has 1 atom stereocenters. The highest BCUT2D eigenvalue weighted by Crippen LogP contribution is 2.00. The molecule has 0 saturated heterocycles. The van der Waals surface area contributed by atoms with E-state index >= 15 is 0 Å². The van der Waals surface area contributed by atoms with E-state index in [-0.39, 0.29) is 6.10 Å². The molecule has 0 radical (unpaired) electrons. The first-order valence-electron chi connectivity index (χ1n) is 4.17. The zero-order chi connectivity index (χ0) is 8.53. The first-order valence-corrected chi connectivity index (χ1v) is 4.17. The smallest absolute Gasteiger partial charge is 0.0538 e. The van der Waals surface area contributed by atoms with E-state index in [2.05, 4.69) is 4.99 Å². The Morgan fingerprint density at radius 2 is 2.36 bits per heavy atom. The van der Waals surface area contributed by atoms with Gasteiger partial charge in [0.2, 0.25) is 0 Å². The van der Waals surface area contributed by atoms with Crippen molar-refractivity contribution in [2.24, 2.45) is 10.7 Å². The molecular formula is C8H18N2O. The highest BCUT2D eigenvalue weighted by molar-refractivity contribution is 5.58. The van der Waals surface area contributed by atoms with Crippen molar-refractivity contribution in [1.29, 1.82) is 0 Å². The summed E-state index contributed by atoms with van der Waals surface area (Å²) >= 11 is 0. The Bertz CT molecular complexity index is 104. The number of nitrogens with zero attached hydrogens (tertiary/aromatic N) is 1. The van der Waals surface area contributed by atoms with Gasteiger partial charge in [-0.25, -0.2) is 0 Å². The summed E-state index contributed by atoms with van der Waals surface area (Å²) in [5.41, 5.74) is 5.20. The number of aliphatic imine (C=N–C) groups is 1. The van der Waals surface area contributed by atoms with Crippen LogP contribution in [0.3, 0.4) is 0 Å². The van der Waals surface area contributed by atoms with Gasteiger partial charge in [0, 0.05) is 19.3 Å². The van der Waals surface area contributed by atoms with Gasteiger partial charge in [-0.2, -0.15) is 0 Å². The minimum atomic E-state index is -0.150. The minimum Gasteiger partial charge on any atom is -0.393 e. The standard InChI is InChI=1S/C8H18N2O/c1-2-8(11)4-3-6-10-7-5-9/h7-8,11H,2-6,9H2,1H3. The normalized spacial score (nSPS) is 14.1. The van der Waals surface area contributed by atoms with E-state index in [1.807, 2.05) is 6.92 Å². The average molecular weight is 158 g/mol. The summed E-state index contributed by atoms with van der Waals surface area (Å²) in [6.45, 7) is 3.28. The van der Waals surface area contributed by atoms with E-state index < -0.39 is 0 Å². The van der Waals surface area contributed by atoms with E-state index in [9.17, 15) is 0 Å². The quantitative estimate of drug-likeness (QED) is 0.438. The Hall–Kier alpha value is -0.410. The van der Waals surface area contributed by atoms with Gasteiger partial charge in [-0.1, -0.05) is 6.92 Å². The number of nitrogens with two attached hydrogens (primary N) is 1. The van der Waals surface area contributed by atoms with Crippen molar-refractivity contribution in [2.45, 2.75) is 32.3 Å². The van der Waals surface area contributed by atoms with E-state index in [1.54, 1.807) is 6.21 Å². The SMILES string of the molecule is CCC(O)CCCN=CCN. The lowest BCUT2D eigenvalue weighted by Gasteiger charge is -2.04. The second-order valence-corrected chi connectivity index (χ2v) is 2.53. The van der Waals surface area contributed by atoms with E-state index in [0.29, 0.717) is 6.54 Å². The first-order chi connectivity index (χ1) is 5.31. The maximum atomic E-state index is 9.14. The molecule has 0 aromatic carbocycles. The van der Waals surface area contributed by atoms with Crippen LogP contribution in [0.1, 0.15) is 26.2 Å². The van der Waals surface area contributed by atoms with E-state index in [4.69, 9.17) is 10.8 Å². The summed E-state index contributed by atoms with van der Waals surface area (Å²) in [7, 11) is 0. The second kappa shape index (κ2) is 7.69. The molecule has 0 aliphatic rings. The number of aliphatic hydroxyl groups is 1. The van der Waals surface area contributed by atoms with Crippen LogP contribution in [0.5, 0.6) is 0 Å². The van der Waals surface area contributed by atoms with Gasteiger partial charge in [-0.05, 0) is 19.3 Å². The van der Waals surface area contributed by atoms with Crippen molar-refractivity contribution in [3.05, 3.63) is 0 Å². The van der Waals surface area contributed by atoms with E-state index in [0.717, 1.165) is 25.8 Å². The summed E-state index contributed by atoms with van der Waals surface area (Å²) in [5, 5.41) is 9.14. The van der Waals surface area contributed by atoms with Gasteiger partial charge in [0.25, 0.3) is 0 Å². The van der Waals surface area contributed by atoms with Crippen LogP contribution >= 0.6 is 0 Å². The van der Waals surface area contributed by atoms with Crippen LogP contribution in [-0.2, 0) is 0 Å². The molecule has 0 aliphatic heterocycles. The molecule has 11 heavy (non-hydrogen) atoms. The maximum absolute atomic E-state index is 9.14. The van der Waals surface area contributed by atoms with Gasteiger partial charge in [-0.3, -0.25) is 4.99 Å². The summed E-state index contributed by atoms with van der Waals surface area (Å²) in [6, 6.07) is 0. The number of rotatable bonds is 6. The summed E-state index contributed by atoms with van der Waals surface area (Å²) in [6.07, 6.45) is 4.19. The molecule has 1 unspecified atom stereocenters. The van der Waals surface area contributed by atoms with Crippen molar-refractivity contribution >= 4 is 6.21 Å². The van der Waals surface area contributed by atoms with Crippen LogP contribution in [0, 0.1) is 0 Å². The van der Waals surface area contributed by atoms with Crippen LogP contribution in [0.2, 0.25) is 0 Å². The van der Waals surface area contributed by atoms with Gasteiger partial charge in [0.15, 0.2) is 0 Å². The predicted molar refractivity (Wildman–Crippen MR) is 47.9 cm³/mol. The molecule has 0 fully saturated rings. The molecule has 0 aliphatic carbocycles. The highest BCUT2D eigenvalue weighted by atomic mass is 16.3. The lowest BCUT2D eigenvalue weighted by Crippen LogP contribution is -2.05. The van der Waals surface area contributed by atoms with Crippen LogP contribution in [0.15, 0.2) is 4.99 Å². The predicted octanol–water partition coefficient (Wildman–Crippen LogP) is 0.567. The fourth-order valence-corrected chi connectivity index (χ4v) is 0.788. The molecule has 0 spiro atoms. The van der Waals surface area contributed by atoms with Crippen molar-refractivity contribution in [1.82, 2.24) is 0 Å². The zero-order valence-corrected chi connectivity index (χ0v) is 7.16. The Balaban J connectivity index is 3.07. The van der Waals surface area contributed by atoms with Gasteiger partial charge in [-0.15, -0.1) is 0 Å². The third-order valence-corrected chi connectivity index (χ3v) is 1.53. The van der Waals surface area contributed by atoms with Gasteiger partial charge in [0.05, 0.1) is 6.10 Å². The lowest BCUT2D eigenvalue weighted by molar-refractivity contribution is 0.158. The molecular weight excluding hydrogens is 140 g/mol. The summed E-state index contributed by atoms with van der Waals surface area (Å²) in [4.78, 5) is 4.03. The monoisotopic (exact) mass is 158 g/mol. The van der Waals surface area contributed by atoms with Crippen molar-refractivity contribution in [3.63, 3.8) is 0 Å². The van der Waals surface area contributed by atoms with Gasteiger partial charge in [0.1, 0.15) is 0 Å². The molecule has 0 rings (SSSR count). The van der Waals surface area contributed by atoms with E-state index in [1.165, 1.54) is 0 Å². The largest absolute Gasteiger partial charge is 0.393 e. The van der Waals surface area contributed by atoms with Crippen molar-refractivity contribution in [3.8, 4) is 0 Å². The lowest BCUT2D eigenvalue weighted by atomic mass is 10.1. The summed E-state index contributed by atoms with van der Waals surface area (Å²) in [5.74, 6) is 0. The van der Waals surface area contributed by atoms with Crippen LogP contribution in [-0.4, -0.2) is 30.5 Å². The third-order valence-electron chi connectivity index (χ3n) is 1.53. The number of hydrogen-bond acceptors (Lipinski definition) is 3. The number of hydrogen-bond donors (Lipinski definition) is 2. The summed E-state index contributed by atoms with van der Waals surface area (Å²) < 4.78 is 0. The molecule has 3 heteroatoms. The Morgan fingerprint density at radius 3 is 2.91 bits per heavy atom. The second-order valence-electron chi connectivity index (χ2n) is 2.53. The highest BCUT2D eigenvalue weighted by Gasteiger charge is 1.97.